The monoisotopic (exact) mass is 266 g/mol. The van der Waals surface area contributed by atoms with Crippen LogP contribution in [0.4, 0.5) is 0 Å². The lowest BCUT2D eigenvalue weighted by Crippen LogP contribution is -2.40. The van der Waals surface area contributed by atoms with Crippen molar-refractivity contribution in [3.05, 3.63) is 29.6 Å². The molecule has 0 unspecified atom stereocenters. The number of alkyl halides is 1. The van der Waals surface area contributed by atoms with Crippen LogP contribution in [0, 0.1) is 6.92 Å². The van der Waals surface area contributed by atoms with Crippen LogP contribution in [-0.4, -0.2) is 34.3 Å². The van der Waals surface area contributed by atoms with Crippen LogP contribution < -0.4 is 0 Å². The Morgan fingerprint density at radius 1 is 1.50 bits per heavy atom. The quantitative estimate of drug-likeness (QED) is 0.785. The van der Waals surface area contributed by atoms with Crippen LogP contribution in [0.1, 0.15) is 41.6 Å². The smallest absolute Gasteiger partial charge is 0.254 e. The maximum absolute atomic E-state index is 12.6. The van der Waals surface area contributed by atoms with Gasteiger partial charge in [0.15, 0.2) is 0 Å². The first-order chi connectivity index (χ1) is 8.74. The summed E-state index contributed by atoms with van der Waals surface area (Å²) in [6, 6.07) is 2.16. The van der Waals surface area contributed by atoms with Crippen molar-refractivity contribution in [2.45, 2.75) is 38.6 Å². The number of carbonyl (C=O) groups excluding carboxylic acids is 1. The number of pyridine rings is 1. The zero-order chi connectivity index (χ0) is 13.0. The van der Waals surface area contributed by atoms with E-state index in [1.807, 2.05) is 11.8 Å². The van der Waals surface area contributed by atoms with Crippen LogP contribution in [0.2, 0.25) is 0 Å². The Morgan fingerprint density at radius 2 is 2.22 bits per heavy atom. The van der Waals surface area contributed by atoms with Crippen molar-refractivity contribution in [2.75, 3.05) is 12.4 Å². The number of carbonyl (C=O) groups is 1. The molecule has 2 rings (SSSR count). The fourth-order valence-corrected chi connectivity index (χ4v) is 2.81. The molecular formula is C14H19ClN2O. The molecule has 1 heterocycles. The molecule has 1 aromatic heterocycles. The van der Waals surface area contributed by atoms with E-state index in [1.54, 1.807) is 18.5 Å². The Kier molecular flexibility index (Phi) is 4.59. The van der Waals surface area contributed by atoms with Gasteiger partial charge in [-0.1, -0.05) is 12.8 Å². The van der Waals surface area contributed by atoms with Gasteiger partial charge >= 0.3 is 0 Å². The van der Waals surface area contributed by atoms with Crippen LogP contribution in [0.5, 0.6) is 0 Å². The number of nitrogens with zero attached hydrogens (tertiary/aromatic N) is 2. The van der Waals surface area contributed by atoms with E-state index in [2.05, 4.69) is 4.98 Å². The number of halogens is 1. The van der Waals surface area contributed by atoms with Gasteiger partial charge in [-0.05, 0) is 31.4 Å². The van der Waals surface area contributed by atoms with E-state index in [4.69, 9.17) is 11.6 Å². The molecule has 1 fully saturated rings. The third kappa shape index (κ3) is 2.83. The lowest BCUT2D eigenvalue weighted by Gasteiger charge is -2.28. The summed E-state index contributed by atoms with van der Waals surface area (Å²) in [5.74, 6) is 0.592. The third-order valence-corrected chi connectivity index (χ3v) is 3.77. The summed E-state index contributed by atoms with van der Waals surface area (Å²) < 4.78 is 0. The van der Waals surface area contributed by atoms with Gasteiger partial charge in [-0.25, -0.2) is 0 Å². The fraction of sp³-hybridized carbons (Fsp3) is 0.571. The number of rotatable bonds is 4. The van der Waals surface area contributed by atoms with E-state index in [1.165, 1.54) is 12.8 Å². The Hall–Kier alpha value is -1.09. The molecule has 0 bridgehead atoms. The normalized spacial score (nSPS) is 15.9. The molecule has 1 saturated carbocycles. The minimum atomic E-state index is 0.0995. The minimum Gasteiger partial charge on any atom is -0.334 e. The molecule has 98 valence electrons. The van der Waals surface area contributed by atoms with Crippen LogP contribution in [-0.2, 0) is 0 Å². The predicted molar refractivity (Wildman–Crippen MR) is 73.0 cm³/mol. The van der Waals surface area contributed by atoms with Gasteiger partial charge < -0.3 is 4.90 Å². The van der Waals surface area contributed by atoms with Crippen molar-refractivity contribution in [2.24, 2.45) is 0 Å². The van der Waals surface area contributed by atoms with Crippen molar-refractivity contribution in [1.82, 2.24) is 9.88 Å². The summed E-state index contributed by atoms with van der Waals surface area (Å²) in [6.07, 6.45) is 8.05. The highest BCUT2D eigenvalue weighted by atomic mass is 35.5. The van der Waals surface area contributed by atoms with E-state index < -0.39 is 0 Å². The molecule has 1 aliphatic carbocycles. The van der Waals surface area contributed by atoms with Crippen LogP contribution in [0.3, 0.4) is 0 Å². The molecule has 0 radical (unpaired) electrons. The summed E-state index contributed by atoms with van der Waals surface area (Å²) >= 11 is 5.84. The highest BCUT2D eigenvalue weighted by molar-refractivity contribution is 6.18. The molecule has 0 saturated heterocycles. The van der Waals surface area contributed by atoms with Crippen molar-refractivity contribution >= 4 is 17.5 Å². The molecule has 0 aromatic carbocycles. The van der Waals surface area contributed by atoms with Crippen LogP contribution in [0.15, 0.2) is 18.5 Å². The fourth-order valence-electron chi connectivity index (χ4n) is 2.62. The minimum absolute atomic E-state index is 0.0995. The molecule has 1 aromatic rings. The molecule has 0 atom stereocenters. The largest absolute Gasteiger partial charge is 0.334 e. The number of amides is 1. The van der Waals surface area contributed by atoms with E-state index >= 15 is 0 Å². The van der Waals surface area contributed by atoms with E-state index in [9.17, 15) is 4.79 Å². The van der Waals surface area contributed by atoms with E-state index in [-0.39, 0.29) is 5.91 Å². The maximum Gasteiger partial charge on any atom is 0.254 e. The number of hydrogen-bond donors (Lipinski definition) is 0. The molecule has 0 N–H and O–H groups in total. The highest BCUT2D eigenvalue weighted by Gasteiger charge is 2.27. The molecule has 4 heteroatoms. The molecule has 1 aliphatic rings. The summed E-state index contributed by atoms with van der Waals surface area (Å²) in [6.45, 7) is 2.56. The number of aromatic nitrogens is 1. The predicted octanol–water partition coefficient (Wildman–Crippen LogP) is 3.01. The van der Waals surface area contributed by atoms with Gasteiger partial charge in [0, 0.05) is 36.4 Å². The van der Waals surface area contributed by atoms with Gasteiger partial charge in [-0.2, -0.15) is 0 Å². The van der Waals surface area contributed by atoms with Gasteiger partial charge in [0.2, 0.25) is 0 Å². The van der Waals surface area contributed by atoms with Crippen molar-refractivity contribution in [1.29, 1.82) is 0 Å². The zero-order valence-corrected chi connectivity index (χ0v) is 11.5. The topological polar surface area (TPSA) is 33.2 Å². The van der Waals surface area contributed by atoms with Crippen molar-refractivity contribution in [3.8, 4) is 0 Å². The Balaban J connectivity index is 2.20. The Bertz CT molecular complexity index is 416. The maximum atomic E-state index is 12.6. The van der Waals surface area contributed by atoms with Crippen LogP contribution >= 0.6 is 11.6 Å². The van der Waals surface area contributed by atoms with E-state index in [0.29, 0.717) is 18.5 Å². The average molecular weight is 267 g/mol. The first kappa shape index (κ1) is 13.3. The van der Waals surface area contributed by atoms with Crippen molar-refractivity contribution in [3.63, 3.8) is 0 Å². The molecule has 0 spiro atoms. The third-order valence-electron chi connectivity index (χ3n) is 3.60. The second-order valence-corrected chi connectivity index (χ2v) is 5.19. The standard InChI is InChI=1S/C14H19ClN2O/c1-11-10-16-8-6-13(11)14(18)17(9-7-15)12-4-2-3-5-12/h6,8,10,12H,2-5,7,9H2,1H3. The van der Waals surface area contributed by atoms with Crippen LogP contribution in [0.25, 0.3) is 0 Å². The highest BCUT2D eigenvalue weighted by Crippen LogP contribution is 2.25. The lowest BCUT2D eigenvalue weighted by atomic mass is 10.1. The second-order valence-electron chi connectivity index (χ2n) is 4.82. The SMILES string of the molecule is Cc1cnccc1C(=O)N(CCCl)C1CCCC1. The first-order valence-electron chi connectivity index (χ1n) is 6.51. The summed E-state index contributed by atoms with van der Waals surface area (Å²) in [7, 11) is 0. The number of aryl methyl sites for hydroxylation is 1. The summed E-state index contributed by atoms with van der Waals surface area (Å²) in [5.41, 5.74) is 1.68. The first-order valence-corrected chi connectivity index (χ1v) is 7.05. The van der Waals surface area contributed by atoms with Gasteiger partial charge in [0.25, 0.3) is 5.91 Å². The summed E-state index contributed by atoms with van der Waals surface area (Å²) in [4.78, 5) is 18.6. The Labute approximate surface area is 113 Å². The molecule has 1 amide bonds. The van der Waals surface area contributed by atoms with Gasteiger partial charge in [-0.3, -0.25) is 9.78 Å². The van der Waals surface area contributed by atoms with Gasteiger partial charge in [0.1, 0.15) is 0 Å². The molecule has 3 nitrogen and oxygen atoms in total. The van der Waals surface area contributed by atoms with E-state index in [0.717, 1.165) is 24.0 Å². The molecule has 18 heavy (non-hydrogen) atoms. The van der Waals surface area contributed by atoms with Gasteiger partial charge in [-0.15, -0.1) is 11.6 Å². The lowest BCUT2D eigenvalue weighted by molar-refractivity contribution is 0.0694. The van der Waals surface area contributed by atoms with Crippen molar-refractivity contribution < 1.29 is 4.79 Å². The average Bonchev–Trinajstić information content (AvgIpc) is 2.89. The zero-order valence-electron chi connectivity index (χ0n) is 10.7. The van der Waals surface area contributed by atoms with Gasteiger partial charge in [0.05, 0.1) is 0 Å². The molecule has 0 aliphatic heterocycles. The summed E-state index contributed by atoms with van der Waals surface area (Å²) in [5, 5.41) is 0. The second kappa shape index (κ2) is 6.19. The Morgan fingerprint density at radius 3 is 2.83 bits per heavy atom. The molecular weight excluding hydrogens is 248 g/mol. The number of hydrogen-bond acceptors (Lipinski definition) is 2.